The van der Waals surface area contributed by atoms with Crippen LogP contribution in [-0.4, -0.2) is 34.8 Å². The van der Waals surface area contributed by atoms with Crippen LogP contribution in [0.1, 0.15) is 35.7 Å². The van der Waals surface area contributed by atoms with Gasteiger partial charge < -0.3 is 19.5 Å². The molecule has 0 atom stereocenters. The number of rotatable bonds is 13. The summed E-state index contributed by atoms with van der Waals surface area (Å²) in [7, 11) is -2.72. The van der Waals surface area contributed by atoms with Gasteiger partial charge in [0.2, 0.25) is 10.0 Å². The molecule has 0 radical (unpaired) electrons. The van der Waals surface area contributed by atoms with E-state index in [2.05, 4.69) is 10.0 Å². The Morgan fingerprint density at radius 2 is 1.66 bits per heavy atom. The Kier molecular flexibility index (Phi) is 9.66. The minimum absolute atomic E-state index is 0.0601. The Labute approximate surface area is 206 Å². The summed E-state index contributed by atoms with van der Waals surface area (Å²) in [4.78, 5) is 12.7. The van der Waals surface area contributed by atoms with Gasteiger partial charge in [0.1, 0.15) is 24.0 Å². The third-order valence-electron chi connectivity index (χ3n) is 5.00. The molecule has 0 aromatic heterocycles. The highest BCUT2D eigenvalue weighted by atomic mass is 32.2. The fourth-order valence-electron chi connectivity index (χ4n) is 3.18. The maximum absolute atomic E-state index is 13.2. The van der Waals surface area contributed by atoms with Crippen molar-refractivity contribution in [3.63, 3.8) is 0 Å². The van der Waals surface area contributed by atoms with Crippen molar-refractivity contribution in [1.29, 1.82) is 0 Å². The van der Waals surface area contributed by atoms with E-state index >= 15 is 0 Å². The van der Waals surface area contributed by atoms with Gasteiger partial charge in [-0.15, -0.1) is 0 Å². The van der Waals surface area contributed by atoms with Crippen LogP contribution in [0.4, 0.5) is 5.69 Å². The highest BCUT2D eigenvalue weighted by molar-refractivity contribution is 7.89. The van der Waals surface area contributed by atoms with Gasteiger partial charge in [0.05, 0.1) is 11.3 Å². The Balaban J connectivity index is 2.04. The van der Waals surface area contributed by atoms with Crippen LogP contribution in [0.3, 0.4) is 0 Å². The zero-order chi connectivity index (χ0) is 25.1. The summed E-state index contributed by atoms with van der Waals surface area (Å²) in [5, 5.41) is 3.22. The SMILES string of the molecule is CCCCNc1cc(C(=O)OCc2ccccc2)cc(S(=O)(=O)NCOC)c1Oc1ccccc1. The molecule has 0 aliphatic carbocycles. The summed E-state index contributed by atoms with van der Waals surface area (Å²) >= 11 is 0. The smallest absolute Gasteiger partial charge is 0.338 e. The molecule has 0 aliphatic rings. The number of hydrogen-bond acceptors (Lipinski definition) is 7. The zero-order valence-electron chi connectivity index (χ0n) is 19.8. The van der Waals surface area contributed by atoms with Crippen LogP contribution in [0.2, 0.25) is 0 Å². The van der Waals surface area contributed by atoms with Crippen molar-refractivity contribution in [2.45, 2.75) is 31.3 Å². The van der Waals surface area contributed by atoms with E-state index in [1.165, 1.54) is 13.2 Å². The minimum Gasteiger partial charge on any atom is -0.457 e. The molecule has 2 N–H and O–H groups in total. The second kappa shape index (κ2) is 12.9. The number of carbonyl (C=O) groups excluding carboxylic acids is 1. The maximum atomic E-state index is 13.2. The predicted molar refractivity (Wildman–Crippen MR) is 134 cm³/mol. The molecule has 3 rings (SSSR count). The number of unbranched alkanes of at least 4 members (excludes halogenated alkanes) is 1. The molecule has 0 fully saturated rings. The summed E-state index contributed by atoms with van der Waals surface area (Å²) in [5.41, 5.74) is 1.27. The fraction of sp³-hybridized carbons (Fsp3) is 0.269. The van der Waals surface area contributed by atoms with Crippen molar-refractivity contribution in [3.8, 4) is 11.5 Å². The third kappa shape index (κ3) is 7.54. The summed E-state index contributed by atoms with van der Waals surface area (Å²) < 4.78 is 45.1. The molecule has 0 bridgehead atoms. The first kappa shape index (κ1) is 26.2. The number of anilines is 1. The van der Waals surface area contributed by atoms with Crippen LogP contribution in [0, 0.1) is 0 Å². The van der Waals surface area contributed by atoms with E-state index in [0.29, 0.717) is 18.0 Å². The van der Waals surface area contributed by atoms with Gasteiger partial charge in [0.25, 0.3) is 0 Å². The normalized spacial score (nSPS) is 11.1. The zero-order valence-corrected chi connectivity index (χ0v) is 20.6. The molecule has 0 aliphatic heterocycles. The number of esters is 1. The van der Waals surface area contributed by atoms with E-state index in [4.69, 9.17) is 14.2 Å². The lowest BCUT2D eigenvalue weighted by atomic mass is 10.1. The Bertz CT molecular complexity index is 1200. The van der Waals surface area contributed by atoms with E-state index in [1.807, 2.05) is 43.3 Å². The molecule has 9 heteroatoms. The summed E-state index contributed by atoms with van der Waals surface area (Å²) in [6.45, 7) is 2.43. The van der Waals surface area contributed by atoms with Crippen LogP contribution < -0.4 is 14.8 Å². The van der Waals surface area contributed by atoms with Crippen molar-refractivity contribution in [1.82, 2.24) is 4.72 Å². The lowest BCUT2D eigenvalue weighted by Gasteiger charge is -2.19. The van der Waals surface area contributed by atoms with E-state index in [9.17, 15) is 13.2 Å². The van der Waals surface area contributed by atoms with Gasteiger partial charge in [-0.25, -0.2) is 13.2 Å². The average molecular weight is 499 g/mol. The molecular weight excluding hydrogens is 468 g/mol. The molecular formula is C26H30N2O6S. The molecule has 0 saturated carbocycles. The molecule has 0 amide bonds. The Morgan fingerprint density at radius 1 is 0.971 bits per heavy atom. The number of hydrogen-bond donors (Lipinski definition) is 2. The quantitative estimate of drug-likeness (QED) is 0.196. The van der Waals surface area contributed by atoms with Gasteiger partial charge in [-0.05, 0) is 36.2 Å². The van der Waals surface area contributed by atoms with Gasteiger partial charge in [-0.3, -0.25) is 0 Å². The molecule has 3 aromatic carbocycles. The second-order valence-electron chi connectivity index (χ2n) is 7.69. The van der Waals surface area contributed by atoms with Crippen molar-refractivity contribution in [2.75, 3.05) is 25.7 Å². The molecule has 186 valence electrons. The number of para-hydroxylation sites is 1. The molecule has 3 aromatic rings. The summed E-state index contributed by atoms with van der Waals surface area (Å²) in [6, 6.07) is 20.9. The Morgan fingerprint density at radius 3 is 2.31 bits per heavy atom. The van der Waals surface area contributed by atoms with Crippen molar-refractivity contribution < 1.29 is 27.4 Å². The summed E-state index contributed by atoms with van der Waals surface area (Å²) in [6.07, 6.45) is 1.78. The van der Waals surface area contributed by atoms with Gasteiger partial charge in [0, 0.05) is 13.7 Å². The van der Waals surface area contributed by atoms with E-state index in [1.54, 1.807) is 30.3 Å². The van der Waals surface area contributed by atoms with Crippen LogP contribution in [0.5, 0.6) is 11.5 Å². The van der Waals surface area contributed by atoms with Gasteiger partial charge in [0.15, 0.2) is 5.75 Å². The first-order valence-corrected chi connectivity index (χ1v) is 12.8. The Hall–Kier alpha value is -3.40. The number of benzene rings is 3. The second-order valence-corrected chi connectivity index (χ2v) is 9.42. The van der Waals surface area contributed by atoms with Gasteiger partial charge in [-0.1, -0.05) is 61.9 Å². The van der Waals surface area contributed by atoms with Crippen LogP contribution in [0.25, 0.3) is 0 Å². The number of methoxy groups -OCH3 is 1. The number of carbonyl (C=O) groups is 1. The standard InChI is InChI=1S/C26H30N2O6S/c1-3-4-15-27-23-16-21(26(29)33-18-20-11-7-5-8-12-20)17-24(35(30,31)28-19-32-2)25(23)34-22-13-9-6-10-14-22/h5-14,16-17,27-28H,3-4,15,18-19H2,1-2H3. The topological polar surface area (TPSA) is 103 Å². The minimum atomic E-state index is -4.10. The van der Waals surface area contributed by atoms with Gasteiger partial charge in [-0.2, -0.15) is 4.72 Å². The van der Waals surface area contributed by atoms with E-state index in [-0.39, 0.29) is 29.5 Å². The number of ether oxygens (including phenoxy) is 3. The van der Waals surface area contributed by atoms with Crippen molar-refractivity contribution in [3.05, 3.63) is 83.9 Å². The van der Waals surface area contributed by atoms with Crippen molar-refractivity contribution >= 4 is 21.7 Å². The average Bonchev–Trinajstić information content (AvgIpc) is 2.88. The summed E-state index contributed by atoms with van der Waals surface area (Å²) in [5.74, 6) is -0.119. The largest absolute Gasteiger partial charge is 0.457 e. The van der Waals surface area contributed by atoms with Crippen LogP contribution >= 0.6 is 0 Å². The molecule has 35 heavy (non-hydrogen) atoms. The molecule has 0 saturated heterocycles. The van der Waals surface area contributed by atoms with E-state index < -0.39 is 16.0 Å². The molecule has 0 spiro atoms. The first-order chi connectivity index (χ1) is 16.9. The molecule has 0 unspecified atom stereocenters. The molecule has 8 nitrogen and oxygen atoms in total. The third-order valence-corrected chi connectivity index (χ3v) is 6.38. The fourth-order valence-corrected chi connectivity index (χ4v) is 4.29. The monoisotopic (exact) mass is 498 g/mol. The predicted octanol–water partition coefficient (Wildman–Crippen LogP) is 4.93. The van der Waals surface area contributed by atoms with Crippen LogP contribution in [0.15, 0.2) is 77.7 Å². The van der Waals surface area contributed by atoms with E-state index in [0.717, 1.165) is 18.4 Å². The lowest BCUT2D eigenvalue weighted by Crippen LogP contribution is -2.26. The number of sulfonamides is 1. The van der Waals surface area contributed by atoms with Gasteiger partial charge >= 0.3 is 5.97 Å². The molecule has 0 heterocycles. The lowest BCUT2D eigenvalue weighted by molar-refractivity contribution is 0.0472. The maximum Gasteiger partial charge on any atom is 0.338 e. The highest BCUT2D eigenvalue weighted by Gasteiger charge is 2.26. The number of nitrogens with one attached hydrogen (secondary N) is 2. The van der Waals surface area contributed by atoms with Crippen molar-refractivity contribution in [2.24, 2.45) is 0 Å². The van der Waals surface area contributed by atoms with Crippen LogP contribution in [-0.2, 0) is 26.1 Å². The first-order valence-electron chi connectivity index (χ1n) is 11.3. The highest BCUT2D eigenvalue weighted by Crippen LogP contribution is 2.38.